The van der Waals surface area contributed by atoms with Gasteiger partial charge in [0.05, 0.1) is 0 Å². The quantitative estimate of drug-likeness (QED) is 0.447. The summed E-state index contributed by atoms with van der Waals surface area (Å²) in [5.74, 6) is 4.40. The van der Waals surface area contributed by atoms with Gasteiger partial charge in [-0.2, -0.15) is 0 Å². The molecule has 0 unspecified atom stereocenters. The van der Waals surface area contributed by atoms with Crippen LogP contribution >= 0.6 is 0 Å². The first-order chi connectivity index (χ1) is 13.2. The van der Waals surface area contributed by atoms with Crippen molar-refractivity contribution in [3.8, 4) is 0 Å². The molecule has 0 aliphatic heterocycles. The van der Waals surface area contributed by atoms with Gasteiger partial charge in [-0.1, -0.05) is 60.3 Å². The molecule has 0 atom stereocenters. The van der Waals surface area contributed by atoms with Crippen LogP contribution in [-0.4, -0.2) is 0 Å². The molecule has 0 amide bonds. The number of hydrogen-bond donors (Lipinski definition) is 0. The first-order valence-corrected chi connectivity index (χ1v) is 10.8. The lowest BCUT2D eigenvalue weighted by Gasteiger charge is -2.01. The second kappa shape index (κ2) is 20.7. The maximum absolute atomic E-state index is 2.20. The van der Waals surface area contributed by atoms with Crippen molar-refractivity contribution in [2.45, 2.75) is 79.6 Å². The Kier molecular flexibility index (Phi) is 20.7. The lowest BCUT2D eigenvalue weighted by Crippen LogP contribution is -1.88. The monoisotopic (exact) mass is 365 g/mol. The van der Waals surface area contributed by atoms with Crippen LogP contribution < -0.4 is 0 Å². The van der Waals surface area contributed by atoms with E-state index in [1.165, 1.54) is 62.7 Å². The summed E-state index contributed by atoms with van der Waals surface area (Å²) in [6.07, 6.45) is 34.2. The highest BCUT2D eigenvalue weighted by Gasteiger charge is 2.15. The van der Waals surface area contributed by atoms with Gasteiger partial charge in [0.15, 0.2) is 0 Å². The zero-order valence-corrected chi connectivity index (χ0v) is 18.4. The van der Waals surface area contributed by atoms with Crippen molar-refractivity contribution < 1.29 is 0 Å². The van der Waals surface area contributed by atoms with Gasteiger partial charge in [-0.3, -0.25) is 0 Å². The third kappa shape index (κ3) is 16.6. The van der Waals surface area contributed by atoms with Crippen molar-refractivity contribution in [2.24, 2.45) is 0 Å². The Labute approximate surface area is 174 Å². The van der Waals surface area contributed by atoms with Gasteiger partial charge in [-0.05, 0) is 114 Å². The molecule has 3 aliphatic rings. The maximum atomic E-state index is 2.20. The van der Waals surface area contributed by atoms with Crippen molar-refractivity contribution in [3.05, 3.63) is 94.8 Å². The van der Waals surface area contributed by atoms with E-state index in [2.05, 4.69) is 112 Å². The summed E-state index contributed by atoms with van der Waals surface area (Å²) < 4.78 is 0. The summed E-state index contributed by atoms with van der Waals surface area (Å²) in [5, 5.41) is 0. The average molecular weight is 366 g/mol. The summed E-state index contributed by atoms with van der Waals surface area (Å²) in [6, 6.07) is 0. The van der Waals surface area contributed by atoms with Gasteiger partial charge in [-0.15, -0.1) is 0 Å². The van der Waals surface area contributed by atoms with Crippen molar-refractivity contribution >= 4 is 0 Å². The van der Waals surface area contributed by atoms with Crippen LogP contribution in [0.2, 0.25) is 0 Å². The van der Waals surface area contributed by atoms with E-state index in [1.807, 2.05) is 0 Å². The zero-order valence-electron chi connectivity index (χ0n) is 18.4. The highest BCUT2D eigenvalue weighted by Crippen LogP contribution is 2.27. The molecule has 3 saturated carbocycles. The highest BCUT2D eigenvalue weighted by atomic mass is 14.2. The lowest BCUT2D eigenvalue weighted by atomic mass is 10.0. The molecule has 15 radical (unpaired) electrons. The molecule has 0 aromatic carbocycles. The summed E-state index contributed by atoms with van der Waals surface area (Å²) in [7, 11) is 0. The molecule has 0 aromatic rings. The topological polar surface area (TPSA) is 0 Å². The van der Waals surface area contributed by atoms with Crippen LogP contribution in [0, 0.1) is 94.8 Å². The SMILES string of the molecule is CCC.CCC[C]1[CH][CH][CH][CH]1.CCC[C]1[CH][CH][CH][CH]1.CCC[C]1[CH][CH][CH][CH]1. The smallest absolute Gasteiger partial charge is 0.0167 e. The predicted molar refractivity (Wildman–Crippen MR) is 122 cm³/mol. The Morgan fingerprint density at radius 1 is 0.407 bits per heavy atom. The minimum atomic E-state index is 1.23. The molecule has 0 bridgehead atoms. The first-order valence-electron chi connectivity index (χ1n) is 10.8. The lowest BCUT2D eigenvalue weighted by molar-refractivity contribution is 0.852. The fraction of sp³-hybridized carbons (Fsp3) is 0.444. The van der Waals surface area contributed by atoms with Gasteiger partial charge in [0.25, 0.3) is 0 Å². The first kappa shape index (κ1) is 27.0. The molecule has 0 heterocycles. The largest absolute Gasteiger partial charge is 0.0656 e. The highest BCUT2D eigenvalue weighted by molar-refractivity contribution is 5.36. The minimum absolute atomic E-state index is 1.23. The third-order valence-electron chi connectivity index (χ3n) is 3.81. The fourth-order valence-corrected chi connectivity index (χ4v) is 2.61. The molecule has 3 fully saturated rings. The summed E-state index contributed by atoms with van der Waals surface area (Å²) in [5.41, 5.74) is 0. The van der Waals surface area contributed by atoms with Crippen LogP contribution in [0.3, 0.4) is 0 Å². The van der Waals surface area contributed by atoms with Gasteiger partial charge in [0.2, 0.25) is 0 Å². The van der Waals surface area contributed by atoms with Crippen LogP contribution in [0.1, 0.15) is 79.6 Å². The Morgan fingerprint density at radius 2 is 0.593 bits per heavy atom. The van der Waals surface area contributed by atoms with Crippen LogP contribution in [0.25, 0.3) is 0 Å². The van der Waals surface area contributed by atoms with E-state index in [0.717, 1.165) is 0 Å². The Morgan fingerprint density at radius 3 is 0.741 bits per heavy atom. The number of rotatable bonds is 6. The Balaban J connectivity index is 0.000000350. The van der Waals surface area contributed by atoms with Crippen molar-refractivity contribution in [2.75, 3.05) is 0 Å². The molecular weight excluding hydrogens is 324 g/mol. The van der Waals surface area contributed by atoms with Crippen LogP contribution in [0.15, 0.2) is 0 Å². The second-order valence-corrected chi connectivity index (χ2v) is 6.84. The minimum Gasteiger partial charge on any atom is -0.0656 e. The van der Waals surface area contributed by atoms with Gasteiger partial charge in [0.1, 0.15) is 0 Å². The molecule has 0 saturated heterocycles. The summed E-state index contributed by atoms with van der Waals surface area (Å²) >= 11 is 0. The standard InChI is InChI=1S/3C8H11.C3H8/c3*1-2-5-8-6-3-4-7-8;1-3-2/h3*3-4,6-7H,2,5H2,1H3;3H2,1-2H3. The molecule has 0 aromatic heterocycles. The van der Waals surface area contributed by atoms with Gasteiger partial charge >= 0.3 is 0 Å². The van der Waals surface area contributed by atoms with Gasteiger partial charge in [0, 0.05) is 0 Å². The Bertz CT molecular complexity index is 208. The molecule has 3 aliphatic carbocycles. The van der Waals surface area contributed by atoms with E-state index in [-0.39, 0.29) is 0 Å². The van der Waals surface area contributed by atoms with E-state index in [0.29, 0.717) is 0 Å². The van der Waals surface area contributed by atoms with E-state index < -0.39 is 0 Å². The number of hydrogen-bond acceptors (Lipinski definition) is 0. The molecule has 3 rings (SSSR count). The maximum Gasteiger partial charge on any atom is -0.0167 e. The van der Waals surface area contributed by atoms with Crippen LogP contribution in [0.4, 0.5) is 0 Å². The normalized spacial score (nSPS) is 20.3. The van der Waals surface area contributed by atoms with Crippen molar-refractivity contribution in [1.29, 1.82) is 0 Å². The molecular formula is C27H41. The second-order valence-electron chi connectivity index (χ2n) is 6.84. The van der Waals surface area contributed by atoms with E-state index in [9.17, 15) is 0 Å². The zero-order chi connectivity index (χ0) is 20.2. The average Bonchev–Trinajstić information content (AvgIpc) is 3.41. The van der Waals surface area contributed by atoms with Crippen molar-refractivity contribution in [3.63, 3.8) is 0 Å². The molecule has 0 nitrogen and oxygen atoms in total. The molecule has 0 N–H and O–H groups in total. The summed E-state index contributed by atoms with van der Waals surface area (Å²) in [6.45, 7) is 10.9. The van der Waals surface area contributed by atoms with Crippen molar-refractivity contribution in [1.82, 2.24) is 0 Å². The van der Waals surface area contributed by atoms with Crippen LogP contribution in [-0.2, 0) is 0 Å². The molecule has 0 spiro atoms. The van der Waals surface area contributed by atoms with E-state index >= 15 is 0 Å². The van der Waals surface area contributed by atoms with Gasteiger partial charge in [-0.25, -0.2) is 0 Å². The van der Waals surface area contributed by atoms with E-state index in [1.54, 1.807) is 0 Å². The molecule has 27 heavy (non-hydrogen) atoms. The third-order valence-corrected chi connectivity index (χ3v) is 3.81. The predicted octanol–water partition coefficient (Wildman–Crippen LogP) is 7.99. The van der Waals surface area contributed by atoms with Gasteiger partial charge < -0.3 is 0 Å². The fourth-order valence-electron chi connectivity index (χ4n) is 2.61. The molecule has 0 heteroatoms. The molecule has 149 valence electrons. The van der Waals surface area contributed by atoms with E-state index in [4.69, 9.17) is 0 Å². The Hall–Kier alpha value is 0. The van der Waals surface area contributed by atoms with Crippen LogP contribution in [0.5, 0.6) is 0 Å². The summed E-state index contributed by atoms with van der Waals surface area (Å²) in [4.78, 5) is 0.